The fourth-order valence-corrected chi connectivity index (χ4v) is 8.72. The lowest BCUT2D eigenvalue weighted by Gasteiger charge is -2.61. The topological polar surface area (TPSA) is 118 Å². The number of hydrogen-bond acceptors (Lipinski definition) is 4. The highest BCUT2D eigenvalue weighted by molar-refractivity contribution is 7.89. The number of rotatable bonds is 6. The van der Waals surface area contributed by atoms with E-state index in [1.165, 1.54) is 12.1 Å². The largest absolute Gasteiger partial charge is 0.369 e. The maximum atomic E-state index is 14.4. The molecule has 0 heterocycles. The predicted octanol–water partition coefficient (Wildman–Crippen LogP) is 2.62. The molecule has 2 atom stereocenters. The van der Waals surface area contributed by atoms with Crippen molar-refractivity contribution in [1.82, 2.24) is 10.0 Å². The van der Waals surface area contributed by atoms with Crippen molar-refractivity contribution in [2.24, 2.45) is 23.0 Å². The zero-order valence-corrected chi connectivity index (χ0v) is 19.2. The summed E-state index contributed by atoms with van der Waals surface area (Å²) in [5, 5.41) is 2.85. The molecule has 10 heteroatoms. The number of carbonyl (C=O) groups is 2. The first kappa shape index (κ1) is 22.1. The summed E-state index contributed by atoms with van der Waals surface area (Å²) in [4.78, 5) is 25.2. The number of primary amides is 1. The molecule has 0 radical (unpaired) electrons. The van der Waals surface area contributed by atoms with Crippen molar-refractivity contribution >= 4 is 33.4 Å². The smallest absolute Gasteiger partial charge is 0.244 e. The fourth-order valence-electron chi connectivity index (χ4n) is 6.97. The minimum Gasteiger partial charge on any atom is -0.369 e. The zero-order chi connectivity index (χ0) is 22.9. The van der Waals surface area contributed by atoms with Crippen molar-refractivity contribution in [3.8, 4) is 0 Å². The van der Waals surface area contributed by atoms with Crippen molar-refractivity contribution in [2.75, 3.05) is 0 Å². The van der Waals surface area contributed by atoms with Gasteiger partial charge in [0.1, 0.15) is 10.4 Å². The van der Waals surface area contributed by atoms with E-state index in [1.54, 1.807) is 0 Å². The van der Waals surface area contributed by atoms with Gasteiger partial charge in [-0.1, -0.05) is 17.7 Å². The summed E-state index contributed by atoms with van der Waals surface area (Å²) < 4.78 is 42.8. The summed E-state index contributed by atoms with van der Waals surface area (Å²) in [7, 11) is -4.31. The summed E-state index contributed by atoms with van der Waals surface area (Å²) in [5.74, 6) is -1.09. The lowest BCUT2D eigenvalue weighted by atomic mass is 9.46. The highest BCUT2D eigenvalue weighted by atomic mass is 35.5. The van der Waals surface area contributed by atoms with Crippen molar-refractivity contribution in [3.05, 3.63) is 29.0 Å². The molecule has 7 nitrogen and oxygen atoms in total. The number of carbonyl (C=O) groups excluding carboxylic acids is 2. The molecule has 1 aromatic carbocycles. The summed E-state index contributed by atoms with van der Waals surface area (Å²) in [6.07, 6.45) is 5.95. The Labute approximate surface area is 191 Å². The Morgan fingerprint density at radius 2 is 1.78 bits per heavy atom. The summed E-state index contributed by atoms with van der Waals surface area (Å²) in [6.45, 7) is 0. The van der Waals surface area contributed by atoms with E-state index in [1.807, 2.05) is 0 Å². The summed E-state index contributed by atoms with van der Waals surface area (Å²) in [6, 6.07) is 3.75. The van der Waals surface area contributed by atoms with Crippen LogP contribution in [0.3, 0.4) is 0 Å². The number of hydrogen-bond donors (Lipinski definition) is 3. The first-order valence-corrected chi connectivity index (χ1v) is 12.9. The van der Waals surface area contributed by atoms with Crippen molar-refractivity contribution in [1.29, 1.82) is 0 Å². The van der Waals surface area contributed by atoms with E-state index in [0.29, 0.717) is 37.5 Å². The van der Waals surface area contributed by atoms with Crippen LogP contribution in [0.15, 0.2) is 23.1 Å². The van der Waals surface area contributed by atoms with Gasteiger partial charge in [-0.3, -0.25) is 9.59 Å². The molecule has 1 aromatic rings. The Hall–Kier alpha value is -1.71. The maximum Gasteiger partial charge on any atom is 0.244 e. The normalized spacial score (nSPS) is 34.7. The Morgan fingerprint density at radius 3 is 2.34 bits per heavy atom. The number of nitrogens with one attached hydrogen (secondary N) is 2. The molecular weight excluding hydrogens is 457 g/mol. The molecule has 5 saturated carbocycles. The van der Waals surface area contributed by atoms with Crippen LogP contribution in [-0.4, -0.2) is 31.3 Å². The molecule has 0 saturated heterocycles. The summed E-state index contributed by atoms with van der Waals surface area (Å²) >= 11 is 5.76. The van der Waals surface area contributed by atoms with E-state index < -0.39 is 43.1 Å². The van der Waals surface area contributed by atoms with Gasteiger partial charge in [0.2, 0.25) is 21.8 Å². The Kier molecular flexibility index (Phi) is 4.93. The monoisotopic (exact) mass is 483 g/mol. The lowest BCUT2D eigenvalue weighted by Crippen LogP contribution is -2.70. The van der Waals surface area contributed by atoms with Gasteiger partial charge in [0.15, 0.2) is 5.82 Å². The molecule has 6 rings (SSSR count). The average Bonchev–Trinajstić information content (AvgIpc) is 2.65. The molecule has 2 amide bonds. The van der Waals surface area contributed by atoms with E-state index in [2.05, 4.69) is 10.0 Å². The van der Waals surface area contributed by atoms with Gasteiger partial charge in [-0.05, 0) is 81.8 Å². The predicted molar refractivity (Wildman–Crippen MR) is 115 cm³/mol. The minimum atomic E-state index is -4.31. The van der Waals surface area contributed by atoms with E-state index in [9.17, 15) is 22.4 Å². The van der Waals surface area contributed by atoms with Gasteiger partial charge >= 0.3 is 0 Å². The molecule has 5 fully saturated rings. The summed E-state index contributed by atoms with van der Waals surface area (Å²) in [5.41, 5.74) is 3.31. The second kappa shape index (κ2) is 7.14. The molecule has 0 spiro atoms. The van der Waals surface area contributed by atoms with Crippen LogP contribution in [0.1, 0.15) is 57.8 Å². The Balaban J connectivity index is 1.40. The lowest BCUT2D eigenvalue weighted by molar-refractivity contribution is -0.152. The zero-order valence-electron chi connectivity index (χ0n) is 17.6. The standard InChI is InChI=1S/C22H27ClFN3O4S/c23-15-3-1-4-16(17(15)24)32(30,31)27-22(5-2-6-22)19(29)26-21-10-13-7-14(11-21)9-20(8-13,12-21)18(25)28/h1,3-4,13-14,27H,2,5-12H2,(H2,25,28)(H,26,29). The molecule has 4 bridgehead atoms. The van der Waals surface area contributed by atoms with Gasteiger partial charge in [-0.25, -0.2) is 12.8 Å². The van der Waals surface area contributed by atoms with Crippen LogP contribution in [0, 0.1) is 23.1 Å². The first-order chi connectivity index (χ1) is 15.0. The van der Waals surface area contributed by atoms with Gasteiger partial charge in [0, 0.05) is 5.54 Å². The molecule has 0 aliphatic heterocycles. The Bertz CT molecular complexity index is 1090. The Morgan fingerprint density at radius 1 is 1.12 bits per heavy atom. The van der Waals surface area contributed by atoms with Gasteiger partial charge in [0.25, 0.3) is 0 Å². The number of amides is 2. The number of sulfonamides is 1. The average molecular weight is 484 g/mol. The number of benzene rings is 1. The van der Waals surface area contributed by atoms with Gasteiger partial charge < -0.3 is 11.1 Å². The molecule has 32 heavy (non-hydrogen) atoms. The van der Waals surface area contributed by atoms with Crippen LogP contribution in [-0.2, 0) is 19.6 Å². The fraction of sp³-hybridized carbons (Fsp3) is 0.636. The third-order valence-electron chi connectivity index (χ3n) is 8.14. The van der Waals surface area contributed by atoms with Gasteiger partial charge in [0.05, 0.1) is 10.4 Å². The van der Waals surface area contributed by atoms with Crippen LogP contribution in [0.25, 0.3) is 0 Å². The molecule has 5 aliphatic carbocycles. The van der Waals surface area contributed by atoms with Crippen LogP contribution in [0.2, 0.25) is 5.02 Å². The van der Waals surface area contributed by atoms with E-state index in [-0.39, 0.29) is 10.9 Å². The highest BCUT2D eigenvalue weighted by Crippen LogP contribution is 2.61. The molecule has 4 N–H and O–H groups in total. The van der Waals surface area contributed by atoms with Gasteiger partial charge in [-0.15, -0.1) is 0 Å². The molecule has 174 valence electrons. The second-order valence-electron chi connectivity index (χ2n) is 10.4. The third-order valence-corrected chi connectivity index (χ3v) is 9.99. The van der Waals surface area contributed by atoms with Crippen molar-refractivity contribution in [3.63, 3.8) is 0 Å². The van der Waals surface area contributed by atoms with E-state index >= 15 is 0 Å². The van der Waals surface area contributed by atoms with Crippen LogP contribution >= 0.6 is 11.6 Å². The number of nitrogens with two attached hydrogens (primary N) is 1. The second-order valence-corrected chi connectivity index (χ2v) is 12.5. The van der Waals surface area contributed by atoms with Crippen LogP contribution in [0.4, 0.5) is 4.39 Å². The SMILES string of the molecule is NC(=O)C12CC3CC(CC(NC(=O)C4(NS(=O)(=O)c5cccc(Cl)c5F)CCC4)(C3)C1)C2. The third kappa shape index (κ3) is 3.35. The quantitative estimate of drug-likeness (QED) is 0.576. The highest BCUT2D eigenvalue weighted by Gasteiger charge is 2.61. The van der Waals surface area contributed by atoms with E-state index in [4.69, 9.17) is 17.3 Å². The molecular formula is C22H27ClFN3O4S. The van der Waals surface area contributed by atoms with Crippen molar-refractivity contribution in [2.45, 2.75) is 73.8 Å². The molecule has 2 unspecified atom stereocenters. The molecule has 5 aliphatic rings. The minimum absolute atomic E-state index is 0.301. The van der Waals surface area contributed by atoms with Gasteiger partial charge in [-0.2, -0.15) is 4.72 Å². The molecule has 0 aromatic heterocycles. The van der Waals surface area contributed by atoms with Crippen LogP contribution < -0.4 is 15.8 Å². The first-order valence-electron chi connectivity index (χ1n) is 11.1. The van der Waals surface area contributed by atoms with E-state index in [0.717, 1.165) is 38.2 Å². The van der Waals surface area contributed by atoms with Crippen molar-refractivity contribution < 1.29 is 22.4 Å². The van der Waals surface area contributed by atoms with Crippen LogP contribution in [0.5, 0.6) is 0 Å². The maximum absolute atomic E-state index is 14.4. The number of halogens is 2.